The zero-order valence-corrected chi connectivity index (χ0v) is 13.3. The van der Waals surface area contributed by atoms with E-state index in [1.807, 2.05) is 24.0 Å². The number of fused-ring (bicyclic) bond motifs is 1. The van der Waals surface area contributed by atoms with E-state index in [4.69, 9.17) is 9.47 Å². The summed E-state index contributed by atoms with van der Waals surface area (Å²) in [4.78, 5) is 14.4. The SMILES string of the molecule is CCCN(CCC)C(=O)Cc1cc2c(cc1C)OCCO2. The highest BCUT2D eigenvalue weighted by atomic mass is 16.6. The van der Waals surface area contributed by atoms with Crippen molar-refractivity contribution < 1.29 is 14.3 Å². The molecule has 21 heavy (non-hydrogen) atoms. The molecule has 1 aromatic rings. The summed E-state index contributed by atoms with van der Waals surface area (Å²) in [6.45, 7) is 9.04. The van der Waals surface area contributed by atoms with Crippen LogP contribution in [0.4, 0.5) is 0 Å². The third-order valence-electron chi connectivity index (χ3n) is 3.68. The van der Waals surface area contributed by atoms with Gasteiger partial charge in [0.2, 0.25) is 5.91 Å². The van der Waals surface area contributed by atoms with Gasteiger partial charge in [0.15, 0.2) is 11.5 Å². The van der Waals surface area contributed by atoms with Crippen LogP contribution < -0.4 is 9.47 Å². The predicted octanol–water partition coefficient (Wildman–Crippen LogP) is 2.96. The number of rotatable bonds is 6. The van der Waals surface area contributed by atoms with Crippen LogP contribution in [0, 0.1) is 6.92 Å². The van der Waals surface area contributed by atoms with Gasteiger partial charge in [0.25, 0.3) is 0 Å². The lowest BCUT2D eigenvalue weighted by Gasteiger charge is -2.23. The van der Waals surface area contributed by atoms with E-state index in [2.05, 4.69) is 13.8 Å². The Labute approximate surface area is 127 Å². The molecule has 116 valence electrons. The van der Waals surface area contributed by atoms with Crippen LogP contribution in [0.3, 0.4) is 0 Å². The first-order valence-electron chi connectivity index (χ1n) is 7.82. The third kappa shape index (κ3) is 3.90. The van der Waals surface area contributed by atoms with Gasteiger partial charge >= 0.3 is 0 Å². The molecule has 0 spiro atoms. The number of carbonyl (C=O) groups excluding carboxylic acids is 1. The quantitative estimate of drug-likeness (QED) is 0.809. The minimum absolute atomic E-state index is 0.193. The Balaban J connectivity index is 2.12. The molecule has 0 aliphatic carbocycles. The molecule has 0 fully saturated rings. The summed E-state index contributed by atoms with van der Waals surface area (Å²) >= 11 is 0. The van der Waals surface area contributed by atoms with Crippen LogP contribution in [0.1, 0.15) is 37.8 Å². The predicted molar refractivity (Wildman–Crippen MR) is 83.0 cm³/mol. The van der Waals surface area contributed by atoms with Gasteiger partial charge in [-0.1, -0.05) is 13.8 Å². The first kappa shape index (κ1) is 15.7. The maximum atomic E-state index is 12.5. The van der Waals surface area contributed by atoms with Gasteiger partial charge < -0.3 is 14.4 Å². The minimum Gasteiger partial charge on any atom is -0.486 e. The molecule has 0 atom stereocenters. The summed E-state index contributed by atoms with van der Waals surface area (Å²) in [5.41, 5.74) is 2.11. The number of carbonyl (C=O) groups is 1. The van der Waals surface area contributed by atoms with Crippen molar-refractivity contribution in [2.45, 2.75) is 40.0 Å². The number of benzene rings is 1. The topological polar surface area (TPSA) is 38.8 Å². The molecule has 0 saturated heterocycles. The molecule has 1 aliphatic heterocycles. The monoisotopic (exact) mass is 291 g/mol. The molecular weight excluding hydrogens is 266 g/mol. The standard InChI is InChI=1S/C17H25NO3/c1-4-6-18(7-5-2)17(19)12-14-11-16-15(10-13(14)3)20-8-9-21-16/h10-11H,4-9,12H2,1-3H3. The number of hydrogen-bond donors (Lipinski definition) is 0. The van der Waals surface area contributed by atoms with Crippen molar-refractivity contribution >= 4 is 5.91 Å². The van der Waals surface area contributed by atoms with Crippen LogP contribution in [0.5, 0.6) is 11.5 Å². The lowest BCUT2D eigenvalue weighted by molar-refractivity contribution is -0.130. The van der Waals surface area contributed by atoms with Gasteiger partial charge in [0, 0.05) is 13.1 Å². The molecule has 0 saturated carbocycles. The third-order valence-corrected chi connectivity index (χ3v) is 3.68. The van der Waals surface area contributed by atoms with Crippen molar-refractivity contribution in [3.05, 3.63) is 23.3 Å². The summed E-state index contributed by atoms with van der Waals surface area (Å²) in [5, 5.41) is 0. The Kier molecular flexibility index (Phi) is 5.48. The Morgan fingerprint density at radius 1 is 1.10 bits per heavy atom. The number of nitrogens with zero attached hydrogens (tertiary/aromatic N) is 1. The summed E-state index contributed by atoms with van der Waals surface area (Å²) < 4.78 is 11.2. The molecule has 1 aliphatic rings. The highest BCUT2D eigenvalue weighted by Gasteiger charge is 2.18. The minimum atomic E-state index is 0.193. The van der Waals surface area contributed by atoms with Crippen molar-refractivity contribution in [1.82, 2.24) is 4.90 Å². The van der Waals surface area contributed by atoms with Crippen LogP contribution in [0.15, 0.2) is 12.1 Å². The average molecular weight is 291 g/mol. The number of hydrogen-bond acceptors (Lipinski definition) is 3. The molecule has 1 amide bonds. The highest BCUT2D eigenvalue weighted by molar-refractivity contribution is 5.79. The molecule has 0 radical (unpaired) electrons. The molecule has 4 heteroatoms. The van der Waals surface area contributed by atoms with Crippen LogP contribution in [0.2, 0.25) is 0 Å². The fourth-order valence-electron chi connectivity index (χ4n) is 2.60. The molecule has 2 rings (SSSR count). The van der Waals surface area contributed by atoms with Gasteiger partial charge in [0.1, 0.15) is 13.2 Å². The van der Waals surface area contributed by atoms with E-state index < -0.39 is 0 Å². The van der Waals surface area contributed by atoms with Gasteiger partial charge in [-0.25, -0.2) is 0 Å². The van der Waals surface area contributed by atoms with Gasteiger partial charge in [-0.3, -0.25) is 4.79 Å². The zero-order valence-electron chi connectivity index (χ0n) is 13.3. The molecule has 1 aromatic carbocycles. The van der Waals surface area contributed by atoms with E-state index in [1.165, 1.54) is 0 Å². The van der Waals surface area contributed by atoms with E-state index in [0.717, 1.165) is 48.6 Å². The smallest absolute Gasteiger partial charge is 0.227 e. The van der Waals surface area contributed by atoms with Crippen molar-refractivity contribution in [3.8, 4) is 11.5 Å². The van der Waals surface area contributed by atoms with Gasteiger partial charge in [-0.2, -0.15) is 0 Å². The maximum Gasteiger partial charge on any atom is 0.227 e. The van der Waals surface area contributed by atoms with Crippen molar-refractivity contribution in [1.29, 1.82) is 0 Å². The van der Waals surface area contributed by atoms with Crippen LogP contribution in [-0.2, 0) is 11.2 Å². The molecule has 0 aromatic heterocycles. The Bertz CT molecular complexity index is 493. The van der Waals surface area contributed by atoms with E-state index in [-0.39, 0.29) is 5.91 Å². The van der Waals surface area contributed by atoms with E-state index in [1.54, 1.807) is 0 Å². The summed E-state index contributed by atoms with van der Waals surface area (Å²) in [7, 11) is 0. The lowest BCUT2D eigenvalue weighted by Crippen LogP contribution is -2.33. The van der Waals surface area contributed by atoms with E-state index in [0.29, 0.717) is 19.6 Å². The van der Waals surface area contributed by atoms with Crippen LogP contribution in [-0.4, -0.2) is 37.1 Å². The van der Waals surface area contributed by atoms with Gasteiger partial charge in [0.05, 0.1) is 6.42 Å². The maximum absolute atomic E-state index is 12.5. The number of ether oxygens (including phenoxy) is 2. The summed E-state index contributed by atoms with van der Waals surface area (Å²) in [6, 6.07) is 3.93. The molecule has 1 heterocycles. The molecule has 0 N–H and O–H groups in total. The van der Waals surface area contributed by atoms with Crippen molar-refractivity contribution in [3.63, 3.8) is 0 Å². The first-order chi connectivity index (χ1) is 10.2. The Morgan fingerprint density at radius 2 is 1.67 bits per heavy atom. The summed E-state index contributed by atoms with van der Waals surface area (Å²) in [6.07, 6.45) is 2.42. The molecular formula is C17H25NO3. The highest BCUT2D eigenvalue weighted by Crippen LogP contribution is 2.33. The van der Waals surface area contributed by atoms with E-state index in [9.17, 15) is 4.79 Å². The first-order valence-corrected chi connectivity index (χ1v) is 7.82. The molecule has 4 nitrogen and oxygen atoms in total. The second-order valence-corrected chi connectivity index (χ2v) is 5.48. The fraction of sp³-hybridized carbons (Fsp3) is 0.588. The number of aryl methyl sites for hydroxylation is 1. The second kappa shape index (κ2) is 7.34. The molecule has 0 unspecified atom stereocenters. The normalized spacial score (nSPS) is 13.1. The van der Waals surface area contributed by atoms with Crippen molar-refractivity contribution in [2.75, 3.05) is 26.3 Å². The summed E-state index contributed by atoms with van der Waals surface area (Å²) in [5.74, 6) is 1.74. The number of amides is 1. The fourth-order valence-corrected chi connectivity index (χ4v) is 2.60. The largest absolute Gasteiger partial charge is 0.486 e. The van der Waals surface area contributed by atoms with E-state index >= 15 is 0 Å². The Hall–Kier alpha value is -1.71. The molecule has 0 bridgehead atoms. The van der Waals surface area contributed by atoms with Crippen LogP contribution in [0.25, 0.3) is 0 Å². The van der Waals surface area contributed by atoms with Gasteiger partial charge in [-0.15, -0.1) is 0 Å². The Morgan fingerprint density at radius 3 is 2.24 bits per heavy atom. The second-order valence-electron chi connectivity index (χ2n) is 5.48. The van der Waals surface area contributed by atoms with Crippen molar-refractivity contribution in [2.24, 2.45) is 0 Å². The van der Waals surface area contributed by atoms with Crippen LogP contribution >= 0.6 is 0 Å². The van der Waals surface area contributed by atoms with Gasteiger partial charge in [-0.05, 0) is 43.0 Å². The zero-order chi connectivity index (χ0) is 15.2. The average Bonchev–Trinajstić information content (AvgIpc) is 2.47. The lowest BCUT2D eigenvalue weighted by atomic mass is 10.0.